The summed E-state index contributed by atoms with van der Waals surface area (Å²) in [6.45, 7) is 13.1. The molecule has 0 bridgehead atoms. The van der Waals surface area contributed by atoms with Gasteiger partial charge < -0.3 is 18.9 Å². The highest BCUT2D eigenvalue weighted by Crippen LogP contribution is 2.37. The van der Waals surface area contributed by atoms with Crippen LogP contribution in [0.15, 0.2) is 12.3 Å². The van der Waals surface area contributed by atoms with Gasteiger partial charge in [0.2, 0.25) is 0 Å². The van der Waals surface area contributed by atoms with Crippen molar-refractivity contribution in [2.24, 2.45) is 17.8 Å². The van der Waals surface area contributed by atoms with Crippen molar-refractivity contribution >= 4 is 15.8 Å². The lowest BCUT2D eigenvalue weighted by molar-refractivity contribution is -0.287. The van der Waals surface area contributed by atoms with Gasteiger partial charge in [0.25, 0.3) is 0 Å². The molecule has 0 spiro atoms. The third-order valence-corrected chi connectivity index (χ3v) is 5.60. The number of rotatable bonds is 6. The first kappa shape index (κ1) is 20.2. The van der Waals surface area contributed by atoms with Gasteiger partial charge in [-0.25, -0.2) is 0 Å². The Bertz CT molecular complexity index is 418. The molecule has 9 atom stereocenters. The van der Waals surface area contributed by atoms with Crippen molar-refractivity contribution in [1.29, 1.82) is 0 Å². The van der Waals surface area contributed by atoms with Crippen molar-refractivity contribution in [2.75, 3.05) is 0 Å². The maximum Gasteiger partial charge on any atom is 0.312 e. The second kappa shape index (κ2) is 9.03. The van der Waals surface area contributed by atoms with Crippen LogP contribution >= 0.6 is 9.12 Å². The zero-order valence-electron chi connectivity index (χ0n) is 16.0. The predicted octanol–water partition coefficient (Wildman–Crippen LogP) is 4.12. The molecule has 2 aliphatic heterocycles. The molecule has 0 N–H and O–H groups in total. The van der Waals surface area contributed by atoms with Crippen molar-refractivity contribution in [3.8, 4) is 0 Å². The van der Waals surface area contributed by atoms with Crippen molar-refractivity contribution in [3.05, 3.63) is 12.3 Å². The summed E-state index contributed by atoms with van der Waals surface area (Å²) in [5.41, 5.74) is 0. The van der Waals surface area contributed by atoms with Gasteiger partial charge in [-0.1, -0.05) is 41.4 Å². The van der Waals surface area contributed by atoms with Gasteiger partial charge >= 0.3 is 6.64 Å². The van der Waals surface area contributed by atoms with Crippen LogP contribution in [-0.4, -0.2) is 37.3 Å². The van der Waals surface area contributed by atoms with Gasteiger partial charge in [0.15, 0.2) is 6.29 Å². The van der Waals surface area contributed by atoms with Crippen molar-refractivity contribution < 1.29 is 18.9 Å². The molecule has 0 saturated carbocycles. The minimum absolute atomic E-state index is 0.0373. The molecule has 4 nitrogen and oxygen atoms in total. The highest BCUT2D eigenvalue weighted by atomic mass is 31.0. The van der Waals surface area contributed by atoms with Gasteiger partial charge in [0, 0.05) is 11.8 Å². The molecular weight excluding hydrogens is 322 g/mol. The van der Waals surface area contributed by atoms with Crippen LogP contribution < -0.4 is 0 Å². The Morgan fingerprint density at radius 2 is 1.71 bits per heavy atom. The van der Waals surface area contributed by atoms with Crippen LogP contribution in [0.1, 0.15) is 47.5 Å². The Morgan fingerprint density at radius 3 is 2.29 bits per heavy atom. The van der Waals surface area contributed by atoms with Crippen LogP contribution in [0.25, 0.3) is 0 Å². The molecule has 2 aliphatic rings. The average Bonchev–Trinajstić information content (AvgIpc) is 2.55. The maximum atomic E-state index is 6.46. The monoisotopic (exact) mass is 356 g/mol. The fraction of sp³-hybridized carbons (Fsp3) is 0.889. The molecule has 0 aromatic heterocycles. The Morgan fingerprint density at radius 1 is 1.04 bits per heavy atom. The van der Waals surface area contributed by atoms with E-state index in [1.165, 1.54) is 0 Å². The van der Waals surface area contributed by atoms with Gasteiger partial charge in [-0.15, -0.1) is 9.12 Å². The molecule has 24 heavy (non-hydrogen) atoms. The third kappa shape index (κ3) is 4.55. The summed E-state index contributed by atoms with van der Waals surface area (Å²) >= 11 is 0. The second-order valence-electron chi connectivity index (χ2n) is 7.35. The lowest BCUT2D eigenvalue weighted by atomic mass is 9.82. The Hall–Kier alpha value is -0.0851. The summed E-state index contributed by atoms with van der Waals surface area (Å²) in [6, 6.07) is 0. The van der Waals surface area contributed by atoms with Gasteiger partial charge in [-0.3, -0.25) is 0 Å². The number of hydrogen-bond donors (Lipinski definition) is 0. The van der Waals surface area contributed by atoms with Gasteiger partial charge in [0.05, 0.1) is 18.5 Å². The summed E-state index contributed by atoms with van der Waals surface area (Å²) < 4.78 is 24.7. The van der Waals surface area contributed by atoms with Gasteiger partial charge in [-0.05, 0) is 24.8 Å². The molecule has 0 radical (unpaired) electrons. The zero-order valence-corrected chi connectivity index (χ0v) is 17.1. The largest absolute Gasteiger partial charge is 0.496 e. The van der Waals surface area contributed by atoms with Crippen molar-refractivity contribution in [3.63, 3.8) is 0 Å². The van der Waals surface area contributed by atoms with Crippen LogP contribution in [-0.2, 0) is 18.9 Å². The van der Waals surface area contributed by atoms with Gasteiger partial charge in [0.1, 0.15) is 12.2 Å². The summed E-state index contributed by atoms with van der Waals surface area (Å²) in [7, 11) is 2.72. The van der Waals surface area contributed by atoms with Crippen LogP contribution in [0.3, 0.4) is 0 Å². The minimum atomic E-state index is -0.207. The Labute approximate surface area is 150 Å². The van der Waals surface area contributed by atoms with E-state index in [1.54, 1.807) is 0 Å². The normalized spacial score (nSPS) is 42.6. The Kier molecular flexibility index (Phi) is 7.61. The zero-order chi connectivity index (χ0) is 17.9. The molecular formula is C18H34BO4P. The number of ether oxygens (including phenoxy) is 3. The summed E-state index contributed by atoms with van der Waals surface area (Å²) in [5.74, 6) is 0.986. The molecule has 0 aromatic carbocycles. The van der Waals surface area contributed by atoms with E-state index in [0.29, 0.717) is 11.8 Å². The minimum Gasteiger partial charge on any atom is -0.496 e. The highest BCUT2D eigenvalue weighted by molar-refractivity contribution is 7.60. The lowest BCUT2D eigenvalue weighted by Crippen LogP contribution is -2.54. The highest BCUT2D eigenvalue weighted by Gasteiger charge is 2.44. The molecule has 138 valence electrons. The van der Waals surface area contributed by atoms with E-state index in [0.717, 1.165) is 12.8 Å². The molecule has 9 unspecified atom stereocenters. The molecule has 2 rings (SSSR count). The smallest absolute Gasteiger partial charge is 0.312 e. The van der Waals surface area contributed by atoms with Crippen molar-refractivity contribution in [1.82, 2.24) is 0 Å². The fourth-order valence-corrected chi connectivity index (χ4v) is 3.88. The summed E-state index contributed by atoms with van der Waals surface area (Å²) in [4.78, 5) is 0. The van der Waals surface area contributed by atoms with E-state index < -0.39 is 0 Å². The van der Waals surface area contributed by atoms with Gasteiger partial charge in [-0.2, -0.15) is 0 Å². The first-order valence-electron chi connectivity index (χ1n) is 9.43. The summed E-state index contributed by atoms with van der Waals surface area (Å²) in [5, 5.41) is 0. The van der Waals surface area contributed by atoms with Crippen LogP contribution in [0.4, 0.5) is 0 Å². The predicted molar refractivity (Wildman–Crippen MR) is 102 cm³/mol. The molecule has 1 saturated heterocycles. The van der Waals surface area contributed by atoms with E-state index in [4.69, 9.17) is 18.9 Å². The van der Waals surface area contributed by atoms with Crippen LogP contribution in [0.2, 0.25) is 6.82 Å². The molecule has 1 fully saturated rings. The number of hydrogen-bond acceptors (Lipinski definition) is 4. The third-order valence-electron chi connectivity index (χ3n) is 5.44. The summed E-state index contributed by atoms with van der Waals surface area (Å²) in [6.07, 6.45) is 5.85. The SMILES string of the molecule is CCC1OC=CC(C)C1OC1OC(CC)C(OB(C)P)C(C)C1C. The molecule has 0 amide bonds. The average molecular weight is 356 g/mol. The maximum absolute atomic E-state index is 6.46. The van der Waals surface area contributed by atoms with E-state index >= 15 is 0 Å². The topological polar surface area (TPSA) is 36.9 Å². The van der Waals surface area contributed by atoms with E-state index in [1.807, 2.05) is 6.26 Å². The van der Waals surface area contributed by atoms with E-state index in [-0.39, 0.29) is 43.3 Å². The van der Waals surface area contributed by atoms with Crippen molar-refractivity contribution in [2.45, 2.75) is 85.0 Å². The first-order valence-corrected chi connectivity index (χ1v) is 10.1. The lowest BCUT2D eigenvalue weighted by Gasteiger charge is -2.47. The molecule has 6 heteroatoms. The second-order valence-corrected chi connectivity index (χ2v) is 8.29. The molecule has 0 aliphatic carbocycles. The standard InChI is InChI=1S/C18H34BO4P/c1-7-14-16(11(3)9-10-20-14)22-18-13(5)12(4)17(23-19(6)24)15(8-2)21-18/h9-18H,7-8,24H2,1-6H3. The van der Waals surface area contributed by atoms with Crippen LogP contribution in [0, 0.1) is 17.8 Å². The Balaban J connectivity index is 2.09. The molecule has 0 aromatic rings. The van der Waals surface area contributed by atoms with Crippen LogP contribution in [0.5, 0.6) is 0 Å². The van der Waals surface area contributed by atoms with E-state index in [2.05, 4.69) is 56.6 Å². The fourth-order valence-electron chi connectivity index (χ4n) is 3.69. The van der Waals surface area contributed by atoms with E-state index in [9.17, 15) is 0 Å². The molecule has 2 heterocycles. The first-order chi connectivity index (χ1) is 11.4. The quantitative estimate of drug-likeness (QED) is 0.530.